The number of rotatable bonds is 2. The van der Waals surface area contributed by atoms with E-state index in [0.29, 0.717) is 31.7 Å². The summed E-state index contributed by atoms with van der Waals surface area (Å²) in [5, 5.41) is 0. The van der Waals surface area contributed by atoms with Crippen molar-refractivity contribution in [2.75, 3.05) is 26.2 Å². The summed E-state index contributed by atoms with van der Waals surface area (Å²) in [5.41, 5.74) is 3.73. The number of piperazine rings is 1. The standard InChI is InChI=1S/C20H22N2O2/c1-15-8-9-18(14-16(15)2)20(24)22-12-10-21(11-13-22)19(23)17-6-4-3-5-7-17/h3-9,14H,10-13H2,1-2H3. The molecule has 2 amide bonds. The summed E-state index contributed by atoms with van der Waals surface area (Å²) in [4.78, 5) is 28.7. The van der Waals surface area contributed by atoms with Crippen LogP contribution in [0.4, 0.5) is 0 Å². The first-order valence-corrected chi connectivity index (χ1v) is 8.27. The molecule has 0 atom stereocenters. The minimum absolute atomic E-state index is 0.0360. The molecule has 0 aliphatic carbocycles. The summed E-state index contributed by atoms with van der Waals surface area (Å²) in [6, 6.07) is 15.1. The van der Waals surface area contributed by atoms with E-state index in [1.807, 2.05) is 72.2 Å². The van der Waals surface area contributed by atoms with E-state index >= 15 is 0 Å². The van der Waals surface area contributed by atoms with E-state index in [4.69, 9.17) is 0 Å². The van der Waals surface area contributed by atoms with Crippen molar-refractivity contribution in [3.8, 4) is 0 Å². The first-order chi connectivity index (χ1) is 11.6. The second-order valence-corrected chi connectivity index (χ2v) is 6.25. The molecule has 0 spiro atoms. The molecule has 0 bridgehead atoms. The molecule has 3 rings (SSSR count). The van der Waals surface area contributed by atoms with Gasteiger partial charge in [-0.2, -0.15) is 0 Å². The topological polar surface area (TPSA) is 40.6 Å². The van der Waals surface area contributed by atoms with Crippen molar-refractivity contribution >= 4 is 11.8 Å². The van der Waals surface area contributed by atoms with Crippen LogP contribution < -0.4 is 0 Å². The molecule has 0 aromatic heterocycles. The van der Waals surface area contributed by atoms with E-state index in [0.717, 1.165) is 11.1 Å². The number of amides is 2. The number of carbonyl (C=O) groups is 2. The zero-order chi connectivity index (χ0) is 17.1. The lowest BCUT2D eigenvalue weighted by atomic mass is 10.1. The van der Waals surface area contributed by atoms with Crippen LogP contribution in [-0.2, 0) is 0 Å². The highest BCUT2D eigenvalue weighted by Crippen LogP contribution is 2.14. The highest BCUT2D eigenvalue weighted by Gasteiger charge is 2.25. The maximum absolute atomic E-state index is 12.6. The molecule has 24 heavy (non-hydrogen) atoms. The van der Waals surface area contributed by atoms with Gasteiger partial charge in [-0.05, 0) is 49.2 Å². The van der Waals surface area contributed by atoms with Crippen molar-refractivity contribution in [2.45, 2.75) is 13.8 Å². The zero-order valence-electron chi connectivity index (χ0n) is 14.2. The summed E-state index contributed by atoms with van der Waals surface area (Å²) in [5.74, 6) is 0.0822. The fraction of sp³-hybridized carbons (Fsp3) is 0.300. The van der Waals surface area contributed by atoms with Gasteiger partial charge in [0.25, 0.3) is 11.8 Å². The fourth-order valence-electron chi connectivity index (χ4n) is 2.93. The zero-order valence-corrected chi connectivity index (χ0v) is 14.2. The molecule has 1 aliphatic rings. The number of carbonyl (C=O) groups excluding carboxylic acids is 2. The minimum atomic E-state index is 0.0360. The molecular weight excluding hydrogens is 300 g/mol. The molecule has 4 nitrogen and oxygen atoms in total. The molecule has 0 saturated carbocycles. The number of hydrogen-bond acceptors (Lipinski definition) is 2. The largest absolute Gasteiger partial charge is 0.335 e. The third-order valence-corrected chi connectivity index (χ3v) is 4.63. The predicted octanol–water partition coefficient (Wildman–Crippen LogP) is 2.90. The first-order valence-electron chi connectivity index (χ1n) is 8.27. The van der Waals surface area contributed by atoms with E-state index in [1.54, 1.807) is 0 Å². The molecule has 1 fully saturated rings. The summed E-state index contributed by atoms with van der Waals surface area (Å²) in [6.07, 6.45) is 0. The molecule has 1 heterocycles. The number of hydrogen-bond donors (Lipinski definition) is 0. The Morgan fingerprint density at radius 3 is 1.79 bits per heavy atom. The lowest BCUT2D eigenvalue weighted by molar-refractivity contribution is 0.0535. The van der Waals surface area contributed by atoms with Gasteiger partial charge in [0.05, 0.1) is 0 Å². The van der Waals surface area contributed by atoms with Crippen LogP contribution in [0.15, 0.2) is 48.5 Å². The van der Waals surface area contributed by atoms with Crippen LogP contribution in [0.5, 0.6) is 0 Å². The average molecular weight is 322 g/mol. The van der Waals surface area contributed by atoms with Crippen LogP contribution in [0, 0.1) is 13.8 Å². The Kier molecular flexibility index (Phi) is 4.65. The second-order valence-electron chi connectivity index (χ2n) is 6.25. The van der Waals surface area contributed by atoms with E-state index in [2.05, 4.69) is 0 Å². The van der Waals surface area contributed by atoms with Crippen molar-refractivity contribution in [3.05, 3.63) is 70.8 Å². The van der Waals surface area contributed by atoms with Crippen LogP contribution in [0.3, 0.4) is 0 Å². The van der Waals surface area contributed by atoms with Crippen LogP contribution in [-0.4, -0.2) is 47.8 Å². The van der Waals surface area contributed by atoms with Gasteiger partial charge in [-0.25, -0.2) is 0 Å². The molecule has 4 heteroatoms. The third kappa shape index (κ3) is 3.32. The van der Waals surface area contributed by atoms with E-state index < -0.39 is 0 Å². The Labute approximate surface area is 142 Å². The van der Waals surface area contributed by atoms with Crippen molar-refractivity contribution in [2.24, 2.45) is 0 Å². The number of aryl methyl sites for hydroxylation is 2. The van der Waals surface area contributed by atoms with Crippen molar-refractivity contribution in [1.82, 2.24) is 9.80 Å². The highest BCUT2D eigenvalue weighted by atomic mass is 16.2. The molecule has 1 aliphatic heterocycles. The molecule has 0 radical (unpaired) electrons. The molecule has 2 aromatic carbocycles. The van der Waals surface area contributed by atoms with Gasteiger partial charge in [-0.1, -0.05) is 24.3 Å². The molecule has 0 N–H and O–H groups in total. The Balaban J connectivity index is 1.63. The monoisotopic (exact) mass is 322 g/mol. The van der Waals surface area contributed by atoms with E-state index in [9.17, 15) is 9.59 Å². The summed E-state index contributed by atoms with van der Waals surface area (Å²) in [6.45, 7) is 6.35. The molecule has 0 unspecified atom stereocenters. The first kappa shape index (κ1) is 16.2. The van der Waals surface area contributed by atoms with Gasteiger partial charge in [-0.15, -0.1) is 0 Å². The Morgan fingerprint density at radius 1 is 0.708 bits per heavy atom. The van der Waals surface area contributed by atoms with Gasteiger partial charge < -0.3 is 9.80 Å². The average Bonchev–Trinajstić information content (AvgIpc) is 2.63. The van der Waals surface area contributed by atoms with Crippen molar-refractivity contribution in [3.63, 3.8) is 0 Å². The van der Waals surface area contributed by atoms with Crippen LogP contribution in [0.25, 0.3) is 0 Å². The summed E-state index contributed by atoms with van der Waals surface area (Å²) in [7, 11) is 0. The van der Waals surface area contributed by atoms with Crippen LogP contribution in [0.2, 0.25) is 0 Å². The maximum Gasteiger partial charge on any atom is 0.253 e. The minimum Gasteiger partial charge on any atom is -0.335 e. The quantitative estimate of drug-likeness (QED) is 0.853. The smallest absolute Gasteiger partial charge is 0.253 e. The van der Waals surface area contributed by atoms with Gasteiger partial charge in [-0.3, -0.25) is 9.59 Å². The van der Waals surface area contributed by atoms with Gasteiger partial charge in [0.15, 0.2) is 0 Å². The van der Waals surface area contributed by atoms with Crippen molar-refractivity contribution in [1.29, 1.82) is 0 Å². The van der Waals surface area contributed by atoms with E-state index in [-0.39, 0.29) is 11.8 Å². The predicted molar refractivity (Wildman–Crippen MR) is 94.2 cm³/mol. The van der Waals surface area contributed by atoms with Gasteiger partial charge in [0, 0.05) is 37.3 Å². The van der Waals surface area contributed by atoms with Crippen molar-refractivity contribution < 1.29 is 9.59 Å². The summed E-state index contributed by atoms with van der Waals surface area (Å²) < 4.78 is 0. The SMILES string of the molecule is Cc1ccc(C(=O)N2CCN(C(=O)c3ccccc3)CC2)cc1C. The number of benzene rings is 2. The molecule has 1 saturated heterocycles. The lowest BCUT2D eigenvalue weighted by Crippen LogP contribution is -2.50. The van der Waals surface area contributed by atoms with Crippen LogP contribution in [0.1, 0.15) is 31.8 Å². The highest BCUT2D eigenvalue weighted by molar-refractivity contribution is 5.96. The Bertz CT molecular complexity index is 747. The Morgan fingerprint density at radius 2 is 1.25 bits per heavy atom. The maximum atomic E-state index is 12.6. The number of nitrogens with zero attached hydrogens (tertiary/aromatic N) is 2. The van der Waals surface area contributed by atoms with Gasteiger partial charge >= 0.3 is 0 Å². The van der Waals surface area contributed by atoms with Crippen LogP contribution >= 0.6 is 0 Å². The third-order valence-electron chi connectivity index (χ3n) is 4.63. The normalized spacial score (nSPS) is 14.6. The molecule has 124 valence electrons. The molecule has 2 aromatic rings. The summed E-state index contributed by atoms with van der Waals surface area (Å²) >= 11 is 0. The van der Waals surface area contributed by atoms with Gasteiger partial charge in [0.2, 0.25) is 0 Å². The molecular formula is C20H22N2O2. The van der Waals surface area contributed by atoms with Gasteiger partial charge in [0.1, 0.15) is 0 Å². The second kappa shape index (κ2) is 6.87. The lowest BCUT2D eigenvalue weighted by Gasteiger charge is -2.35. The Hall–Kier alpha value is -2.62. The van der Waals surface area contributed by atoms with E-state index in [1.165, 1.54) is 5.56 Å². The fourth-order valence-corrected chi connectivity index (χ4v) is 2.93.